The Hall–Kier alpha value is -1.06. The largest absolute Gasteiger partial charge is 0.481 e. The van der Waals surface area contributed by atoms with E-state index in [9.17, 15) is 9.59 Å². The number of amides is 1. The maximum absolute atomic E-state index is 12.3. The first kappa shape index (κ1) is 12.0. The van der Waals surface area contributed by atoms with Crippen LogP contribution in [0.25, 0.3) is 0 Å². The van der Waals surface area contributed by atoms with Gasteiger partial charge in [0.15, 0.2) is 0 Å². The van der Waals surface area contributed by atoms with Crippen LogP contribution in [0.15, 0.2) is 0 Å². The molecule has 1 amide bonds. The predicted octanol–water partition coefficient (Wildman–Crippen LogP) is 2.08. The molecule has 100 valence electrons. The van der Waals surface area contributed by atoms with Gasteiger partial charge in [0.2, 0.25) is 5.91 Å². The second-order valence-electron chi connectivity index (χ2n) is 6.52. The molecule has 0 radical (unpaired) electrons. The van der Waals surface area contributed by atoms with Gasteiger partial charge in [-0.05, 0) is 43.9 Å². The molecule has 3 saturated carbocycles. The van der Waals surface area contributed by atoms with E-state index < -0.39 is 11.5 Å². The van der Waals surface area contributed by atoms with E-state index in [1.165, 1.54) is 25.7 Å². The Bertz CT molecular complexity index is 381. The van der Waals surface area contributed by atoms with Crippen molar-refractivity contribution in [3.05, 3.63) is 0 Å². The van der Waals surface area contributed by atoms with Gasteiger partial charge < -0.3 is 10.4 Å². The summed E-state index contributed by atoms with van der Waals surface area (Å²) in [5.74, 6) is -0.509. The zero-order valence-electron chi connectivity index (χ0n) is 10.7. The number of carboxylic acids is 1. The topological polar surface area (TPSA) is 66.4 Å². The molecule has 0 unspecified atom stereocenters. The fraction of sp³-hybridized carbons (Fsp3) is 0.857. The molecule has 4 heteroatoms. The highest BCUT2D eigenvalue weighted by atomic mass is 16.4. The number of carbonyl (C=O) groups excluding carboxylic acids is 1. The highest BCUT2D eigenvalue weighted by molar-refractivity contribution is 5.84. The van der Waals surface area contributed by atoms with Crippen molar-refractivity contribution in [2.45, 2.75) is 63.3 Å². The first-order valence-corrected chi connectivity index (χ1v) is 7.09. The van der Waals surface area contributed by atoms with Gasteiger partial charge in [0.05, 0.1) is 12.0 Å². The molecule has 2 N–H and O–H groups in total. The van der Waals surface area contributed by atoms with Crippen molar-refractivity contribution < 1.29 is 14.7 Å². The van der Waals surface area contributed by atoms with Crippen LogP contribution in [0.3, 0.4) is 0 Å². The number of hydrogen-bond acceptors (Lipinski definition) is 2. The molecule has 3 rings (SSSR count). The molecule has 0 heterocycles. The summed E-state index contributed by atoms with van der Waals surface area (Å²) in [4.78, 5) is 23.1. The molecule has 1 atom stereocenters. The van der Waals surface area contributed by atoms with Crippen molar-refractivity contribution in [3.8, 4) is 0 Å². The van der Waals surface area contributed by atoms with Crippen molar-refractivity contribution >= 4 is 11.9 Å². The van der Waals surface area contributed by atoms with Gasteiger partial charge in [-0.15, -0.1) is 0 Å². The molecule has 0 aromatic heterocycles. The fourth-order valence-electron chi connectivity index (χ4n) is 3.94. The van der Waals surface area contributed by atoms with Crippen LogP contribution in [0.1, 0.15) is 57.8 Å². The average molecular weight is 251 g/mol. The number of aliphatic carboxylic acids is 1. The minimum atomic E-state index is -0.804. The summed E-state index contributed by atoms with van der Waals surface area (Å²) in [5, 5.41) is 12.0. The van der Waals surface area contributed by atoms with E-state index in [0.717, 1.165) is 25.7 Å². The molecule has 0 bridgehead atoms. The molecule has 0 saturated heterocycles. The van der Waals surface area contributed by atoms with Gasteiger partial charge in [0.25, 0.3) is 0 Å². The van der Waals surface area contributed by atoms with Crippen LogP contribution in [0.5, 0.6) is 0 Å². The normalized spacial score (nSPS) is 30.8. The Morgan fingerprint density at radius 3 is 2.28 bits per heavy atom. The third-order valence-corrected chi connectivity index (χ3v) is 5.29. The van der Waals surface area contributed by atoms with Crippen LogP contribution in [0, 0.1) is 11.3 Å². The maximum atomic E-state index is 12.3. The molecule has 18 heavy (non-hydrogen) atoms. The number of carbonyl (C=O) groups is 2. The lowest BCUT2D eigenvalue weighted by Gasteiger charge is -2.41. The summed E-state index contributed by atoms with van der Waals surface area (Å²) in [6.45, 7) is 0. The molecular formula is C14H21NO3. The first-order valence-electron chi connectivity index (χ1n) is 7.09. The van der Waals surface area contributed by atoms with E-state index in [2.05, 4.69) is 5.32 Å². The fourth-order valence-corrected chi connectivity index (χ4v) is 3.94. The van der Waals surface area contributed by atoms with Crippen molar-refractivity contribution in [1.82, 2.24) is 5.32 Å². The first-order chi connectivity index (χ1) is 8.55. The van der Waals surface area contributed by atoms with Crippen LogP contribution in [0.2, 0.25) is 0 Å². The lowest BCUT2D eigenvalue weighted by molar-refractivity contribution is -0.140. The van der Waals surface area contributed by atoms with Crippen LogP contribution < -0.4 is 5.32 Å². The van der Waals surface area contributed by atoms with Gasteiger partial charge in [-0.25, -0.2) is 0 Å². The van der Waals surface area contributed by atoms with Gasteiger partial charge >= 0.3 is 5.97 Å². The molecule has 3 aliphatic rings. The van der Waals surface area contributed by atoms with E-state index in [-0.39, 0.29) is 18.2 Å². The van der Waals surface area contributed by atoms with E-state index in [4.69, 9.17) is 5.11 Å². The number of rotatable bonds is 4. The van der Waals surface area contributed by atoms with Gasteiger partial charge in [0, 0.05) is 5.92 Å². The minimum absolute atomic E-state index is 0.0818. The SMILES string of the molecule is O=C(O)CC1(NC(=O)[C@H]2CC23CCCC3)CCC1. The van der Waals surface area contributed by atoms with E-state index in [1.54, 1.807) is 0 Å². The third kappa shape index (κ3) is 1.91. The van der Waals surface area contributed by atoms with E-state index in [0.29, 0.717) is 5.41 Å². The lowest BCUT2D eigenvalue weighted by atomic mass is 9.74. The van der Waals surface area contributed by atoms with Crippen LogP contribution in [0.4, 0.5) is 0 Å². The Kier molecular flexibility index (Phi) is 2.65. The minimum Gasteiger partial charge on any atom is -0.481 e. The predicted molar refractivity (Wildman–Crippen MR) is 66.0 cm³/mol. The standard InChI is InChI=1S/C14H21NO3/c16-11(17)9-14(6-3-7-14)15-12(18)10-8-13(10)4-1-2-5-13/h10H,1-9H2,(H,15,18)(H,16,17)/t10-/m1/s1. The Labute approximate surface area is 107 Å². The summed E-state index contributed by atoms with van der Waals surface area (Å²) >= 11 is 0. The molecule has 0 aliphatic heterocycles. The number of carboxylic acid groups (broad SMARTS) is 1. The summed E-state index contributed by atoms with van der Waals surface area (Å²) in [6.07, 6.45) is 8.68. The van der Waals surface area contributed by atoms with Gasteiger partial charge in [-0.3, -0.25) is 9.59 Å². The van der Waals surface area contributed by atoms with Gasteiger partial charge in [-0.1, -0.05) is 12.8 Å². The smallest absolute Gasteiger partial charge is 0.305 e. The van der Waals surface area contributed by atoms with Gasteiger partial charge in [-0.2, -0.15) is 0 Å². The van der Waals surface area contributed by atoms with Crippen molar-refractivity contribution in [3.63, 3.8) is 0 Å². The second-order valence-corrected chi connectivity index (χ2v) is 6.52. The van der Waals surface area contributed by atoms with E-state index in [1.807, 2.05) is 0 Å². The highest BCUT2D eigenvalue weighted by Crippen LogP contribution is 2.63. The molecule has 4 nitrogen and oxygen atoms in total. The number of nitrogens with one attached hydrogen (secondary N) is 1. The Balaban J connectivity index is 1.59. The molecule has 1 spiro atoms. The zero-order chi connectivity index (χ0) is 12.8. The summed E-state index contributed by atoms with van der Waals surface area (Å²) < 4.78 is 0. The Morgan fingerprint density at radius 1 is 1.11 bits per heavy atom. The third-order valence-electron chi connectivity index (χ3n) is 5.29. The molecule has 3 fully saturated rings. The summed E-state index contributed by atoms with van der Waals surface area (Å²) in [5.41, 5.74) is -0.121. The van der Waals surface area contributed by atoms with Crippen LogP contribution in [-0.4, -0.2) is 22.5 Å². The van der Waals surface area contributed by atoms with E-state index >= 15 is 0 Å². The number of hydrogen-bond donors (Lipinski definition) is 2. The quantitative estimate of drug-likeness (QED) is 0.804. The monoisotopic (exact) mass is 251 g/mol. The summed E-state index contributed by atoms with van der Waals surface area (Å²) in [7, 11) is 0. The van der Waals surface area contributed by atoms with Crippen LogP contribution in [-0.2, 0) is 9.59 Å². The molecule has 3 aliphatic carbocycles. The van der Waals surface area contributed by atoms with Crippen molar-refractivity contribution in [2.75, 3.05) is 0 Å². The van der Waals surface area contributed by atoms with Crippen molar-refractivity contribution in [1.29, 1.82) is 0 Å². The second kappa shape index (κ2) is 3.97. The summed E-state index contributed by atoms with van der Waals surface area (Å²) in [6, 6.07) is 0. The Morgan fingerprint density at radius 2 is 1.78 bits per heavy atom. The lowest BCUT2D eigenvalue weighted by Crippen LogP contribution is -2.55. The highest BCUT2D eigenvalue weighted by Gasteiger charge is 2.59. The van der Waals surface area contributed by atoms with Crippen LogP contribution >= 0.6 is 0 Å². The molecular weight excluding hydrogens is 230 g/mol. The zero-order valence-corrected chi connectivity index (χ0v) is 10.7. The maximum Gasteiger partial charge on any atom is 0.305 e. The average Bonchev–Trinajstić information content (AvgIpc) is 2.73. The van der Waals surface area contributed by atoms with Gasteiger partial charge in [0.1, 0.15) is 0 Å². The molecule has 0 aromatic rings. The van der Waals surface area contributed by atoms with Crippen molar-refractivity contribution in [2.24, 2.45) is 11.3 Å². The molecule has 0 aromatic carbocycles.